The van der Waals surface area contributed by atoms with E-state index in [2.05, 4.69) is 5.32 Å². The highest BCUT2D eigenvalue weighted by molar-refractivity contribution is 7.89. The Bertz CT molecular complexity index is 604. The Labute approximate surface area is 127 Å². The summed E-state index contributed by atoms with van der Waals surface area (Å²) in [5.74, 6) is 0. The predicted molar refractivity (Wildman–Crippen MR) is 83.2 cm³/mol. The molecule has 0 fully saturated rings. The van der Waals surface area contributed by atoms with Gasteiger partial charge >= 0.3 is 0 Å². The molecule has 0 amide bonds. The van der Waals surface area contributed by atoms with Crippen molar-refractivity contribution in [2.24, 2.45) is 0 Å². The van der Waals surface area contributed by atoms with Crippen LogP contribution in [0.1, 0.15) is 38.3 Å². The van der Waals surface area contributed by atoms with Crippen LogP contribution in [0.5, 0.6) is 0 Å². The largest absolute Gasteiger partial charge is 0.313 e. The summed E-state index contributed by atoms with van der Waals surface area (Å²) in [7, 11) is -0.208. The first-order valence-electron chi connectivity index (χ1n) is 7.00. The molecule has 1 aromatic rings. The van der Waals surface area contributed by atoms with Gasteiger partial charge in [-0.25, -0.2) is 8.42 Å². The van der Waals surface area contributed by atoms with Crippen molar-refractivity contribution in [2.75, 3.05) is 14.1 Å². The summed E-state index contributed by atoms with van der Waals surface area (Å²) in [5, 5.41) is 11.9. The zero-order valence-corrected chi connectivity index (χ0v) is 13.8. The smallest absolute Gasteiger partial charge is 0.243 e. The molecule has 0 aliphatic heterocycles. The van der Waals surface area contributed by atoms with E-state index in [1.54, 1.807) is 25.1 Å². The summed E-state index contributed by atoms with van der Waals surface area (Å²) in [5.41, 5.74) is 0.947. The van der Waals surface area contributed by atoms with Crippen molar-refractivity contribution in [2.45, 2.75) is 43.7 Å². The molecule has 0 heterocycles. The molecule has 0 radical (unpaired) electrons. The third-order valence-electron chi connectivity index (χ3n) is 3.70. The molecule has 2 unspecified atom stereocenters. The van der Waals surface area contributed by atoms with E-state index in [-0.39, 0.29) is 23.4 Å². The minimum absolute atomic E-state index is 0.127. The van der Waals surface area contributed by atoms with Crippen LogP contribution in [0.4, 0.5) is 0 Å². The fourth-order valence-electron chi connectivity index (χ4n) is 2.16. The first kappa shape index (κ1) is 17.6. The van der Waals surface area contributed by atoms with Crippen LogP contribution in [-0.4, -0.2) is 32.9 Å². The first-order chi connectivity index (χ1) is 9.88. The van der Waals surface area contributed by atoms with Crippen LogP contribution in [0.3, 0.4) is 0 Å². The Hall–Kier alpha value is -1.42. The van der Waals surface area contributed by atoms with Gasteiger partial charge in [0.2, 0.25) is 10.0 Å². The summed E-state index contributed by atoms with van der Waals surface area (Å²) in [6.45, 7) is 3.77. The van der Waals surface area contributed by atoms with Crippen LogP contribution in [0.15, 0.2) is 29.2 Å². The lowest BCUT2D eigenvalue weighted by Gasteiger charge is -2.23. The summed E-state index contributed by atoms with van der Waals surface area (Å²) in [4.78, 5) is 0.265. The fourth-order valence-corrected chi connectivity index (χ4v) is 3.58. The van der Waals surface area contributed by atoms with Crippen LogP contribution in [0, 0.1) is 11.3 Å². The van der Waals surface area contributed by atoms with Crippen LogP contribution in [0.25, 0.3) is 0 Å². The molecule has 0 bridgehead atoms. The molecule has 1 N–H and O–H groups in total. The Morgan fingerprint density at radius 3 is 2.62 bits per heavy atom. The maximum atomic E-state index is 12.6. The molecule has 116 valence electrons. The SMILES string of the molecule is CCC(NC)c1cccc(S(=O)(=O)N(C)C(C)CC#N)c1. The zero-order chi connectivity index (χ0) is 16.0. The van der Waals surface area contributed by atoms with E-state index in [1.807, 2.05) is 26.1 Å². The molecule has 0 saturated heterocycles. The molecule has 5 nitrogen and oxygen atoms in total. The molecule has 21 heavy (non-hydrogen) atoms. The van der Waals surface area contributed by atoms with Crippen LogP contribution in [0.2, 0.25) is 0 Å². The number of nitrogens with one attached hydrogen (secondary N) is 1. The van der Waals surface area contributed by atoms with E-state index in [4.69, 9.17) is 5.26 Å². The van der Waals surface area contributed by atoms with Crippen molar-refractivity contribution in [3.63, 3.8) is 0 Å². The van der Waals surface area contributed by atoms with Gasteiger partial charge in [0.1, 0.15) is 0 Å². The molecule has 0 aliphatic carbocycles. The van der Waals surface area contributed by atoms with Gasteiger partial charge in [-0.05, 0) is 38.1 Å². The number of sulfonamides is 1. The van der Waals surface area contributed by atoms with Crippen LogP contribution in [-0.2, 0) is 10.0 Å². The second kappa shape index (κ2) is 7.55. The molecule has 6 heteroatoms. The highest BCUT2D eigenvalue weighted by Gasteiger charge is 2.25. The van der Waals surface area contributed by atoms with Gasteiger partial charge in [-0.15, -0.1) is 0 Å². The highest BCUT2D eigenvalue weighted by Crippen LogP contribution is 2.23. The number of rotatable bonds is 7. The summed E-state index contributed by atoms with van der Waals surface area (Å²) in [6, 6.07) is 8.75. The van der Waals surface area contributed by atoms with Crippen molar-refractivity contribution in [3.05, 3.63) is 29.8 Å². The molecule has 0 saturated carbocycles. The average Bonchev–Trinajstić information content (AvgIpc) is 2.48. The van der Waals surface area contributed by atoms with Gasteiger partial charge < -0.3 is 5.32 Å². The molecule has 2 atom stereocenters. The number of hydrogen-bond acceptors (Lipinski definition) is 4. The second-order valence-corrected chi connectivity index (χ2v) is 7.05. The van der Waals surface area contributed by atoms with Gasteiger partial charge in [0.05, 0.1) is 17.4 Å². The quantitative estimate of drug-likeness (QED) is 0.838. The van der Waals surface area contributed by atoms with Crippen molar-refractivity contribution in [1.82, 2.24) is 9.62 Å². The molecule has 0 aromatic heterocycles. The maximum absolute atomic E-state index is 12.6. The normalized spacial score (nSPS) is 14.7. The Morgan fingerprint density at radius 1 is 1.43 bits per heavy atom. The number of nitriles is 1. The van der Waals surface area contributed by atoms with Gasteiger partial charge in [-0.3, -0.25) is 0 Å². The minimum atomic E-state index is -3.58. The molecule has 0 spiro atoms. The lowest BCUT2D eigenvalue weighted by molar-refractivity contribution is 0.393. The van der Waals surface area contributed by atoms with Crippen molar-refractivity contribution in [3.8, 4) is 6.07 Å². The monoisotopic (exact) mass is 309 g/mol. The van der Waals surface area contributed by atoms with E-state index in [1.165, 1.54) is 11.4 Å². The van der Waals surface area contributed by atoms with E-state index >= 15 is 0 Å². The lowest BCUT2D eigenvalue weighted by Crippen LogP contribution is -2.35. The molecule has 1 rings (SSSR count). The molecule has 1 aromatic carbocycles. The average molecular weight is 309 g/mol. The van der Waals surface area contributed by atoms with Gasteiger partial charge in [-0.2, -0.15) is 9.57 Å². The Morgan fingerprint density at radius 2 is 2.10 bits per heavy atom. The van der Waals surface area contributed by atoms with Gasteiger partial charge in [0.25, 0.3) is 0 Å². The van der Waals surface area contributed by atoms with E-state index in [9.17, 15) is 8.42 Å². The van der Waals surface area contributed by atoms with Crippen LogP contribution >= 0.6 is 0 Å². The number of benzene rings is 1. The Kier molecular flexibility index (Phi) is 6.34. The lowest BCUT2D eigenvalue weighted by atomic mass is 10.1. The van der Waals surface area contributed by atoms with Gasteiger partial charge in [0.15, 0.2) is 0 Å². The van der Waals surface area contributed by atoms with Crippen molar-refractivity contribution < 1.29 is 8.42 Å². The molecule has 0 aliphatic rings. The maximum Gasteiger partial charge on any atom is 0.243 e. The zero-order valence-electron chi connectivity index (χ0n) is 13.0. The second-order valence-electron chi connectivity index (χ2n) is 5.05. The van der Waals surface area contributed by atoms with Crippen LogP contribution < -0.4 is 5.32 Å². The summed E-state index contributed by atoms with van der Waals surface area (Å²) >= 11 is 0. The minimum Gasteiger partial charge on any atom is -0.313 e. The third kappa shape index (κ3) is 4.03. The summed E-state index contributed by atoms with van der Waals surface area (Å²) < 4.78 is 26.5. The predicted octanol–water partition coefficient (Wildman–Crippen LogP) is 2.28. The third-order valence-corrected chi connectivity index (χ3v) is 5.67. The van der Waals surface area contributed by atoms with Crippen molar-refractivity contribution >= 4 is 10.0 Å². The molecular weight excluding hydrogens is 286 g/mol. The first-order valence-corrected chi connectivity index (χ1v) is 8.44. The van der Waals surface area contributed by atoms with Gasteiger partial charge in [-0.1, -0.05) is 19.1 Å². The topological polar surface area (TPSA) is 73.2 Å². The number of hydrogen-bond donors (Lipinski definition) is 1. The Balaban J connectivity index is 3.15. The van der Waals surface area contributed by atoms with E-state index < -0.39 is 10.0 Å². The highest BCUT2D eigenvalue weighted by atomic mass is 32.2. The van der Waals surface area contributed by atoms with E-state index in [0.717, 1.165) is 12.0 Å². The fraction of sp³-hybridized carbons (Fsp3) is 0.533. The summed E-state index contributed by atoms with van der Waals surface area (Å²) in [6.07, 6.45) is 1.05. The van der Waals surface area contributed by atoms with E-state index in [0.29, 0.717) is 0 Å². The standard InChI is InChI=1S/C15H23N3O2S/c1-5-15(17-3)13-7-6-8-14(11-13)21(19,20)18(4)12(2)9-10-16/h6-8,11-12,15,17H,5,9H2,1-4H3. The van der Waals surface area contributed by atoms with Crippen molar-refractivity contribution in [1.29, 1.82) is 5.26 Å². The number of nitrogens with zero attached hydrogens (tertiary/aromatic N) is 2. The molecular formula is C15H23N3O2S. The van der Waals surface area contributed by atoms with Gasteiger partial charge in [0, 0.05) is 19.1 Å².